The van der Waals surface area contributed by atoms with Gasteiger partial charge in [-0.05, 0) is 76.6 Å². The van der Waals surface area contributed by atoms with Crippen LogP contribution in [0, 0.1) is 17.2 Å². The summed E-state index contributed by atoms with van der Waals surface area (Å²) in [6, 6.07) is 3.01. The lowest BCUT2D eigenvalue weighted by Crippen LogP contribution is -2.53. The van der Waals surface area contributed by atoms with Crippen molar-refractivity contribution in [3.05, 3.63) is 16.0 Å². The molecular weight excluding hydrogens is 368 g/mol. The molecule has 0 radical (unpaired) electrons. The Balaban J connectivity index is 1.35. The molecule has 0 saturated carbocycles. The molecule has 1 N–H and O–H groups in total. The fourth-order valence-corrected chi connectivity index (χ4v) is 6.61. The normalized spacial score (nSPS) is 26.0. The van der Waals surface area contributed by atoms with Gasteiger partial charge in [-0.3, -0.25) is 9.69 Å². The van der Waals surface area contributed by atoms with E-state index in [9.17, 15) is 10.1 Å². The highest BCUT2D eigenvalue weighted by atomic mass is 32.1. The number of likely N-dealkylation sites (tertiary alicyclic amines) is 2. The second kappa shape index (κ2) is 8.94. The molecule has 4 rings (SSSR count). The van der Waals surface area contributed by atoms with Gasteiger partial charge in [0.05, 0.1) is 5.56 Å². The minimum atomic E-state index is 0.0583. The number of thiophene rings is 1. The zero-order valence-electron chi connectivity index (χ0n) is 17.0. The summed E-state index contributed by atoms with van der Waals surface area (Å²) in [5.74, 6) is 0.816. The quantitative estimate of drug-likeness (QED) is 0.784. The van der Waals surface area contributed by atoms with Gasteiger partial charge in [-0.2, -0.15) is 5.26 Å². The van der Waals surface area contributed by atoms with E-state index in [-0.39, 0.29) is 5.91 Å². The number of carbonyl (C=O) groups is 1. The third-order valence-electron chi connectivity index (χ3n) is 6.80. The van der Waals surface area contributed by atoms with Crippen molar-refractivity contribution in [1.82, 2.24) is 9.80 Å². The number of hydrogen-bond donors (Lipinski definition) is 1. The highest BCUT2D eigenvalue weighted by molar-refractivity contribution is 7.16. The van der Waals surface area contributed by atoms with Crippen molar-refractivity contribution in [3.63, 3.8) is 0 Å². The van der Waals surface area contributed by atoms with Gasteiger partial charge in [0.15, 0.2) is 0 Å². The van der Waals surface area contributed by atoms with Crippen LogP contribution >= 0.6 is 11.3 Å². The summed E-state index contributed by atoms with van der Waals surface area (Å²) < 4.78 is 0. The summed E-state index contributed by atoms with van der Waals surface area (Å²) >= 11 is 1.63. The van der Waals surface area contributed by atoms with Crippen LogP contribution in [0.15, 0.2) is 0 Å². The Morgan fingerprint density at radius 2 is 2.07 bits per heavy atom. The van der Waals surface area contributed by atoms with Crippen LogP contribution in [0.3, 0.4) is 0 Å². The maximum Gasteiger partial charge on any atom is 0.226 e. The van der Waals surface area contributed by atoms with Crippen LogP contribution in [0.5, 0.6) is 0 Å². The molecule has 2 fully saturated rings. The third kappa shape index (κ3) is 4.27. The number of nitrogens with one attached hydrogen (secondary N) is 1. The van der Waals surface area contributed by atoms with Gasteiger partial charge in [0.2, 0.25) is 5.91 Å². The number of carbonyl (C=O) groups excluding carboxylic acids is 1. The second-order valence-corrected chi connectivity index (χ2v) is 9.84. The van der Waals surface area contributed by atoms with E-state index in [2.05, 4.69) is 28.2 Å². The van der Waals surface area contributed by atoms with Gasteiger partial charge in [0.1, 0.15) is 11.1 Å². The molecule has 1 amide bonds. The molecule has 0 bridgehead atoms. The highest BCUT2D eigenvalue weighted by Gasteiger charge is 2.34. The molecule has 2 atom stereocenters. The summed E-state index contributed by atoms with van der Waals surface area (Å²) in [6.45, 7) is 4.31. The van der Waals surface area contributed by atoms with E-state index in [1.807, 2.05) is 0 Å². The van der Waals surface area contributed by atoms with Crippen LogP contribution in [-0.4, -0.2) is 55.0 Å². The monoisotopic (exact) mass is 400 g/mol. The summed E-state index contributed by atoms with van der Waals surface area (Å²) in [7, 11) is 2.22. The van der Waals surface area contributed by atoms with E-state index in [4.69, 9.17) is 0 Å². The fourth-order valence-electron chi connectivity index (χ4n) is 5.35. The summed E-state index contributed by atoms with van der Waals surface area (Å²) in [4.78, 5) is 19.0. The van der Waals surface area contributed by atoms with Crippen molar-refractivity contribution >= 4 is 22.2 Å². The number of piperidine rings is 2. The number of rotatable bonds is 4. The predicted octanol–water partition coefficient (Wildman–Crippen LogP) is 3.63. The molecule has 5 nitrogen and oxygen atoms in total. The van der Waals surface area contributed by atoms with Crippen LogP contribution < -0.4 is 5.32 Å². The molecule has 2 saturated heterocycles. The van der Waals surface area contributed by atoms with Crippen LogP contribution in [0.1, 0.15) is 60.9 Å². The number of nitrogens with zero attached hydrogens (tertiary/aromatic N) is 3. The highest BCUT2D eigenvalue weighted by Crippen LogP contribution is 2.37. The molecule has 0 unspecified atom stereocenters. The molecule has 1 aromatic rings. The van der Waals surface area contributed by atoms with Crippen LogP contribution in [0.2, 0.25) is 0 Å². The van der Waals surface area contributed by atoms with Crippen molar-refractivity contribution in [2.75, 3.05) is 38.5 Å². The predicted molar refractivity (Wildman–Crippen MR) is 114 cm³/mol. The lowest BCUT2D eigenvalue weighted by Gasteiger charge is -2.46. The molecule has 3 heterocycles. The first-order chi connectivity index (χ1) is 13.7. The summed E-state index contributed by atoms with van der Waals surface area (Å²) in [5.41, 5.74) is 1.93. The van der Waals surface area contributed by atoms with Gasteiger partial charge in [0, 0.05) is 30.4 Å². The topological polar surface area (TPSA) is 59.4 Å². The first-order valence-corrected chi connectivity index (χ1v) is 11.7. The largest absolute Gasteiger partial charge is 0.317 e. The number of hydrogen-bond acceptors (Lipinski definition) is 5. The Morgan fingerprint density at radius 1 is 1.21 bits per heavy atom. The zero-order valence-corrected chi connectivity index (χ0v) is 17.8. The standard InChI is InChI=1S/C22H32N4OS/c1-25-12-9-19-16(15-25)6-5-11-26(19)13-10-21(27)24-22-18(14-23)17-7-3-2-4-8-20(17)28-22/h16,19H,2-13,15H2,1H3,(H,24,27)/t16-,19-/m1/s1. The average Bonchev–Trinajstić information content (AvgIpc) is 2.85. The molecular formula is C22H32N4OS. The first kappa shape index (κ1) is 19.9. The molecule has 0 spiro atoms. The van der Waals surface area contributed by atoms with Gasteiger partial charge < -0.3 is 10.2 Å². The van der Waals surface area contributed by atoms with Crippen LogP contribution in [0.25, 0.3) is 0 Å². The van der Waals surface area contributed by atoms with Gasteiger partial charge >= 0.3 is 0 Å². The van der Waals surface area contributed by atoms with Crippen molar-refractivity contribution in [3.8, 4) is 6.07 Å². The van der Waals surface area contributed by atoms with Crippen molar-refractivity contribution in [2.45, 2.75) is 63.8 Å². The molecule has 1 aliphatic carbocycles. The van der Waals surface area contributed by atoms with E-state index in [0.717, 1.165) is 55.4 Å². The number of anilines is 1. The molecule has 0 aromatic carbocycles. The first-order valence-electron chi connectivity index (χ1n) is 10.9. The minimum absolute atomic E-state index is 0.0583. The number of amides is 1. The maximum absolute atomic E-state index is 12.7. The smallest absolute Gasteiger partial charge is 0.226 e. The zero-order chi connectivity index (χ0) is 19.5. The molecule has 152 valence electrons. The lowest BCUT2D eigenvalue weighted by molar-refractivity contribution is -0.116. The van der Waals surface area contributed by atoms with Gasteiger partial charge in [0.25, 0.3) is 0 Å². The Labute approximate surface area is 172 Å². The van der Waals surface area contributed by atoms with E-state index >= 15 is 0 Å². The molecule has 2 aliphatic heterocycles. The van der Waals surface area contributed by atoms with E-state index in [1.54, 1.807) is 11.3 Å². The number of aryl methyl sites for hydroxylation is 1. The van der Waals surface area contributed by atoms with Gasteiger partial charge in [-0.25, -0.2) is 0 Å². The molecule has 1 aromatic heterocycles. The van der Waals surface area contributed by atoms with Crippen LogP contribution in [0.4, 0.5) is 5.00 Å². The molecule has 6 heteroatoms. The third-order valence-corrected chi connectivity index (χ3v) is 8.01. The number of nitriles is 1. The molecule has 3 aliphatic rings. The van der Waals surface area contributed by atoms with Crippen molar-refractivity contribution < 1.29 is 4.79 Å². The van der Waals surface area contributed by atoms with E-state index in [0.29, 0.717) is 12.5 Å². The Hall–Kier alpha value is -1.42. The molecule has 28 heavy (non-hydrogen) atoms. The number of fused-ring (bicyclic) bond motifs is 2. The second-order valence-electron chi connectivity index (χ2n) is 8.74. The van der Waals surface area contributed by atoms with Crippen molar-refractivity contribution in [1.29, 1.82) is 5.26 Å². The average molecular weight is 401 g/mol. The lowest BCUT2D eigenvalue weighted by atomic mass is 9.84. The van der Waals surface area contributed by atoms with E-state index in [1.165, 1.54) is 49.1 Å². The Morgan fingerprint density at radius 3 is 2.93 bits per heavy atom. The minimum Gasteiger partial charge on any atom is -0.317 e. The summed E-state index contributed by atoms with van der Waals surface area (Å²) in [6.07, 6.45) is 9.92. The maximum atomic E-state index is 12.7. The van der Waals surface area contributed by atoms with E-state index < -0.39 is 0 Å². The fraction of sp³-hybridized carbons (Fsp3) is 0.727. The van der Waals surface area contributed by atoms with Gasteiger partial charge in [-0.15, -0.1) is 11.3 Å². The SMILES string of the molecule is CN1CC[C@@H]2[C@H](CCCN2CCC(=O)Nc2sc3c(c2C#N)CCCCC3)C1. The van der Waals surface area contributed by atoms with Gasteiger partial charge in [-0.1, -0.05) is 6.42 Å². The van der Waals surface area contributed by atoms with Crippen LogP contribution in [-0.2, 0) is 17.6 Å². The Kier molecular flexibility index (Phi) is 6.35. The Bertz CT molecular complexity index is 752. The summed E-state index contributed by atoms with van der Waals surface area (Å²) in [5, 5.41) is 13.5. The van der Waals surface area contributed by atoms with Crippen molar-refractivity contribution in [2.24, 2.45) is 5.92 Å².